The number of rotatable bonds is 4. The van der Waals surface area contributed by atoms with Crippen LogP contribution < -0.4 is 0 Å². The summed E-state index contributed by atoms with van der Waals surface area (Å²) in [7, 11) is 1.00. The van der Waals surface area contributed by atoms with Crippen molar-refractivity contribution >= 4 is 0 Å². The molecule has 2 nitrogen and oxygen atoms in total. The van der Waals surface area contributed by atoms with E-state index in [2.05, 4.69) is 44.2 Å². The van der Waals surface area contributed by atoms with Crippen LogP contribution in [0.15, 0.2) is 36.1 Å². The Morgan fingerprint density at radius 3 is 2.80 bits per heavy atom. The number of ether oxygens (including phenoxy) is 1. The summed E-state index contributed by atoms with van der Waals surface area (Å²) in [5.74, 6) is 1.63. The fourth-order valence-electron chi connectivity index (χ4n) is 1.28. The lowest BCUT2D eigenvalue weighted by Gasteiger charge is -2.12. The van der Waals surface area contributed by atoms with E-state index in [1.807, 2.05) is 0 Å². The molecule has 86 valence electrons. The number of allylic oxidation sites excluding steroid dienone is 4. The Morgan fingerprint density at radius 2 is 2.20 bits per heavy atom. The standard InChI is InChI=1S/C12H18O.CH4O/c1-3-4-5-9-13-12-8-6-7-11(2)10-12;1-2/h4-6,8,10-11H,3,7,9H2,1-2H3;2H,1H3/b5-4-;. The molecule has 2 heteroatoms. The van der Waals surface area contributed by atoms with E-state index in [0.717, 1.165) is 25.7 Å². The molecule has 1 rings (SSSR count). The molecular weight excluding hydrogens is 188 g/mol. The van der Waals surface area contributed by atoms with Gasteiger partial charge in [0.1, 0.15) is 12.4 Å². The summed E-state index contributed by atoms with van der Waals surface area (Å²) in [5, 5.41) is 7.00. The average molecular weight is 210 g/mol. The van der Waals surface area contributed by atoms with E-state index < -0.39 is 0 Å². The van der Waals surface area contributed by atoms with Crippen LogP contribution in [0.4, 0.5) is 0 Å². The van der Waals surface area contributed by atoms with Crippen LogP contribution in [0.25, 0.3) is 0 Å². The fraction of sp³-hybridized carbons (Fsp3) is 0.538. The lowest BCUT2D eigenvalue weighted by Crippen LogP contribution is -1.98. The zero-order valence-corrected chi connectivity index (χ0v) is 9.94. The van der Waals surface area contributed by atoms with Gasteiger partial charge in [0.15, 0.2) is 0 Å². The largest absolute Gasteiger partial charge is 0.490 e. The summed E-state index contributed by atoms with van der Waals surface area (Å²) in [6.07, 6.45) is 12.8. The van der Waals surface area contributed by atoms with Gasteiger partial charge >= 0.3 is 0 Å². The first-order chi connectivity index (χ1) is 7.33. The van der Waals surface area contributed by atoms with Gasteiger partial charge in [-0.25, -0.2) is 0 Å². The van der Waals surface area contributed by atoms with Crippen molar-refractivity contribution in [3.05, 3.63) is 36.1 Å². The fourth-order valence-corrected chi connectivity index (χ4v) is 1.28. The molecule has 0 amide bonds. The quantitative estimate of drug-likeness (QED) is 0.723. The van der Waals surface area contributed by atoms with Crippen molar-refractivity contribution in [3.8, 4) is 0 Å². The first-order valence-corrected chi connectivity index (χ1v) is 5.43. The van der Waals surface area contributed by atoms with E-state index >= 15 is 0 Å². The van der Waals surface area contributed by atoms with Gasteiger partial charge in [0.25, 0.3) is 0 Å². The van der Waals surface area contributed by atoms with Crippen molar-refractivity contribution in [2.45, 2.75) is 26.7 Å². The topological polar surface area (TPSA) is 29.5 Å². The van der Waals surface area contributed by atoms with Crippen LogP contribution in [0.2, 0.25) is 0 Å². The monoisotopic (exact) mass is 210 g/mol. The van der Waals surface area contributed by atoms with Gasteiger partial charge in [-0.15, -0.1) is 0 Å². The normalized spacial score (nSPS) is 19.5. The van der Waals surface area contributed by atoms with Gasteiger partial charge in [-0.3, -0.25) is 0 Å². The minimum atomic E-state index is 0.621. The summed E-state index contributed by atoms with van der Waals surface area (Å²) in [5.41, 5.74) is 0. The van der Waals surface area contributed by atoms with E-state index in [4.69, 9.17) is 9.84 Å². The molecule has 0 fully saturated rings. The van der Waals surface area contributed by atoms with Crippen LogP contribution in [-0.4, -0.2) is 18.8 Å². The molecule has 0 saturated heterocycles. The van der Waals surface area contributed by atoms with E-state index in [-0.39, 0.29) is 0 Å². The highest BCUT2D eigenvalue weighted by molar-refractivity contribution is 5.18. The van der Waals surface area contributed by atoms with Gasteiger partial charge in [0.2, 0.25) is 0 Å². The van der Waals surface area contributed by atoms with Crippen LogP contribution in [-0.2, 0) is 4.74 Å². The summed E-state index contributed by atoms with van der Waals surface area (Å²) in [4.78, 5) is 0. The summed E-state index contributed by atoms with van der Waals surface area (Å²) < 4.78 is 5.54. The number of aliphatic hydroxyl groups is 1. The van der Waals surface area contributed by atoms with Gasteiger partial charge in [-0.05, 0) is 30.9 Å². The summed E-state index contributed by atoms with van der Waals surface area (Å²) >= 11 is 0. The molecule has 1 N–H and O–H groups in total. The Bertz CT molecular complexity index is 227. The van der Waals surface area contributed by atoms with Crippen LogP contribution in [0.5, 0.6) is 0 Å². The molecule has 1 unspecified atom stereocenters. The summed E-state index contributed by atoms with van der Waals surface area (Å²) in [6, 6.07) is 0. The molecule has 0 heterocycles. The van der Waals surface area contributed by atoms with E-state index in [1.54, 1.807) is 0 Å². The van der Waals surface area contributed by atoms with Crippen molar-refractivity contribution in [1.29, 1.82) is 0 Å². The van der Waals surface area contributed by atoms with Gasteiger partial charge in [-0.2, -0.15) is 0 Å². The third kappa shape index (κ3) is 6.97. The highest BCUT2D eigenvalue weighted by Crippen LogP contribution is 2.16. The number of hydrogen-bond donors (Lipinski definition) is 1. The Balaban J connectivity index is 0.000000921. The van der Waals surface area contributed by atoms with Crippen molar-refractivity contribution in [3.63, 3.8) is 0 Å². The predicted octanol–water partition coefficient (Wildman–Crippen LogP) is 3.06. The molecule has 0 bridgehead atoms. The van der Waals surface area contributed by atoms with Gasteiger partial charge in [-0.1, -0.05) is 32.1 Å². The Kier molecular flexibility index (Phi) is 8.88. The first kappa shape index (κ1) is 14.0. The van der Waals surface area contributed by atoms with Crippen LogP contribution in [0.1, 0.15) is 26.7 Å². The molecule has 0 aromatic heterocycles. The van der Waals surface area contributed by atoms with Gasteiger partial charge in [0, 0.05) is 7.11 Å². The molecule has 0 radical (unpaired) electrons. The molecule has 1 aliphatic rings. The SMILES string of the molecule is CC/C=C\COC1=CC(C)CC=C1.CO. The molecule has 1 aliphatic carbocycles. The maximum atomic E-state index is 7.00. The third-order valence-electron chi connectivity index (χ3n) is 1.99. The first-order valence-electron chi connectivity index (χ1n) is 5.43. The second kappa shape index (κ2) is 9.53. The molecule has 0 aromatic carbocycles. The molecule has 0 saturated carbocycles. The maximum Gasteiger partial charge on any atom is 0.115 e. The van der Waals surface area contributed by atoms with E-state index in [1.165, 1.54) is 0 Å². The highest BCUT2D eigenvalue weighted by Gasteiger charge is 2.03. The minimum Gasteiger partial charge on any atom is -0.490 e. The maximum absolute atomic E-state index is 7.00. The number of hydrogen-bond acceptors (Lipinski definition) is 2. The zero-order valence-electron chi connectivity index (χ0n) is 9.94. The van der Waals surface area contributed by atoms with Gasteiger partial charge in [0.05, 0.1) is 0 Å². The molecular formula is C13H22O2. The van der Waals surface area contributed by atoms with Crippen LogP contribution >= 0.6 is 0 Å². The van der Waals surface area contributed by atoms with Crippen molar-refractivity contribution in [1.82, 2.24) is 0 Å². The van der Waals surface area contributed by atoms with Gasteiger partial charge < -0.3 is 9.84 Å². The predicted molar refractivity (Wildman–Crippen MR) is 64.5 cm³/mol. The Labute approximate surface area is 93.0 Å². The third-order valence-corrected chi connectivity index (χ3v) is 1.99. The van der Waals surface area contributed by atoms with E-state index in [0.29, 0.717) is 12.5 Å². The molecule has 1 atom stereocenters. The Morgan fingerprint density at radius 1 is 1.47 bits per heavy atom. The number of aliphatic hydroxyl groups excluding tert-OH is 1. The van der Waals surface area contributed by atoms with E-state index in [9.17, 15) is 0 Å². The molecule has 15 heavy (non-hydrogen) atoms. The second-order valence-electron chi connectivity index (χ2n) is 3.38. The van der Waals surface area contributed by atoms with Crippen molar-refractivity contribution < 1.29 is 9.84 Å². The highest BCUT2D eigenvalue weighted by atomic mass is 16.5. The lowest BCUT2D eigenvalue weighted by molar-refractivity contribution is 0.256. The van der Waals surface area contributed by atoms with Crippen molar-refractivity contribution in [2.24, 2.45) is 5.92 Å². The molecule has 0 aliphatic heterocycles. The van der Waals surface area contributed by atoms with Crippen LogP contribution in [0.3, 0.4) is 0 Å². The molecule has 0 spiro atoms. The minimum absolute atomic E-state index is 0.621. The van der Waals surface area contributed by atoms with Crippen LogP contribution in [0, 0.1) is 5.92 Å². The lowest BCUT2D eigenvalue weighted by atomic mass is 10.0. The Hall–Kier alpha value is -1.02. The zero-order chi connectivity index (χ0) is 11.5. The summed E-state index contributed by atoms with van der Waals surface area (Å²) in [6.45, 7) is 5.02. The molecule has 0 aromatic rings. The van der Waals surface area contributed by atoms with Crippen molar-refractivity contribution in [2.75, 3.05) is 13.7 Å². The smallest absolute Gasteiger partial charge is 0.115 e. The average Bonchev–Trinajstić information content (AvgIpc) is 2.27. The second-order valence-corrected chi connectivity index (χ2v) is 3.38.